The Kier molecular flexibility index (Phi) is 3.16. The van der Waals surface area contributed by atoms with Gasteiger partial charge in [0.1, 0.15) is 5.78 Å². The Morgan fingerprint density at radius 1 is 1.69 bits per heavy atom. The SMILES string of the molecule is CC(=O)CN1CC(c2ccc(Cl)s2)NC1=O. The third kappa shape index (κ3) is 2.36. The van der Waals surface area contributed by atoms with Crippen molar-refractivity contribution in [1.29, 1.82) is 0 Å². The second kappa shape index (κ2) is 4.43. The number of urea groups is 1. The molecule has 1 aliphatic rings. The number of nitrogens with zero attached hydrogens (tertiary/aromatic N) is 1. The van der Waals surface area contributed by atoms with Crippen LogP contribution in [0, 0.1) is 0 Å². The van der Waals surface area contributed by atoms with Crippen LogP contribution in [0.4, 0.5) is 4.79 Å². The maximum atomic E-state index is 11.5. The Bertz CT molecular complexity index is 432. The molecule has 1 fully saturated rings. The van der Waals surface area contributed by atoms with Crippen LogP contribution in [0.1, 0.15) is 17.8 Å². The summed E-state index contributed by atoms with van der Waals surface area (Å²) in [5, 5.41) is 2.83. The fourth-order valence-electron chi connectivity index (χ4n) is 1.67. The second-order valence-corrected chi connectivity index (χ2v) is 5.47. The Morgan fingerprint density at radius 3 is 3.00 bits per heavy atom. The van der Waals surface area contributed by atoms with Crippen molar-refractivity contribution >= 4 is 34.8 Å². The van der Waals surface area contributed by atoms with Crippen LogP contribution in [-0.2, 0) is 4.79 Å². The zero-order valence-corrected chi connectivity index (χ0v) is 10.3. The van der Waals surface area contributed by atoms with Gasteiger partial charge in [-0.15, -0.1) is 11.3 Å². The molecular formula is C10H11ClN2O2S. The lowest BCUT2D eigenvalue weighted by Crippen LogP contribution is -2.32. The Morgan fingerprint density at radius 2 is 2.44 bits per heavy atom. The smallest absolute Gasteiger partial charge is 0.318 e. The van der Waals surface area contributed by atoms with Crippen LogP contribution in [-0.4, -0.2) is 29.8 Å². The zero-order chi connectivity index (χ0) is 11.7. The third-order valence-electron chi connectivity index (χ3n) is 2.34. The summed E-state index contributed by atoms with van der Waals surface area (Å²) in [7, 11) is 0. The minimum absolute atomic E-state index is 0.0139. The molecule has 0 aromatic carbocycles. The van der Waals surface area contributed by atoms with Gasteiger partial charge in [-0.3, -0.25) is 4.79 Å². The summed E-state index contributed by atoms with van der Waals surface area (Å²) in [6.07, 6.45) is 0. The molecule has 2 rings (SSSR count). The quantitative estimate of drug-likeness (QED) is 0.902. The van der Waals surface area contributed by atoms with Gasteiger partial charge in [-0.25, -0.2) is 4.79 Å². The minimum atomic E-state index is -0.190. The van der Waals surface area contributed by atoms with Crippen molar-refractivity contribution in [2.45, 2.75) is 13.0 Å². The van der Waals surface area contributed by atoms with E-state index in [1.807, 2.05) is 6.07 Å². The number of halogens is 1. The number of amides is 2. The molecule has 0 saturated carbocycles. The van der Waals surface area contributed by atoms with Crippen LogP contribution in [0.5, 0.6) is 0 Å². The van der Waals surface area contributed by atoms with Gasteiger partial charge in [0, 0.05) is 11.4 Å². The predicted octanol–water partition coefficient (Wildman–Crippen LogP) is 2.06. The summed E-state index contributed by atoms with van der Waals surface area (Å²) >= 11 is 7.28. The molecule has 1 unspecified atom stereocenters. The van der Waals surface area contributed by atoms with Crippen molar-refractivity contribution in [2.75, 3.05) is 13.1 Å². The molecule has 86 valence electrons. The Hall–Kier alpha value is -1.07. The van der Waals surface area contributed by atoms with Crippen molar-refractivity contribution in [3.05, 3.63) is 21.3 Å². The van der Waals surface area contributed by atoms with E-state index in [1.54, 1.807) is 6.07 Å². The summed E-state index contributed by atoms with van der Waals surface area (Å²) in [5.41, 5.74) is 0. The van der Waals surface area contributed by atoms with Crippen molar-refractivity contribution in [3.8, 4) is 0 Å². The van der Waals surface area contributed by atoms with Crippen molar-refractivity contribution in [3.63, 3.8) is 0 Å². The first kappa shape index (κ1) is 11.4. The average molecular weight is 259 g/mol. The first-order chi connectivity index (χ1) is 7.56. The number of carbonyl (C=O) groups is 2. The lowest BCUT2D eigenvalue weighted by atomic mass is 10.2. The number of rotatable bonds is 3. The van der Waals surface area contributed by atoms with E-state index in [0.717, 1.165) is 4.88 Å². The Balaban J connectivity index is 2.06. The summed E-state index contributed by atoms with van der Waals surface area (Å²) in [6.45, 7) is 2.17. The maximum Gasteiger partial charge on any atom is 0.318 e. The van der Waals surface area contributed by atoms with E-state index < -0.39 is 0 Å². The van der Waals surface area contributed by atoms with Crippen molar-refractivity contribution in [1.82, 2.24) is 10.2 Å². The van der Waals surface area contributed by atoms with Gasteiger partial charge in [0.15, 0.2) is 0 Å². The zero-order valence-electron chi connectivity index (χ0n) is 8.70. The molecule has 1 saturated heterocycles. The topological polar surface area (TPSA) is 49.4 Å². The number of carbonyl (C=O) groups excluding carboxylic acids is 2. The van der Waals surface area contributed by atoms with Crippen LogP contribution < -0.4 is 5.32 Å². The van der Waals surface area contributed by atoms with Crippen LogP contribution in [0.15, 0.2) is 12.1 Å². The molecule has 1 atom stereocenters. The molecule has 4 nitrogen and oxygen atoms in total. The number of thiophene rings is 1. The van der Waals surface area contributed by atoms with Crippen molar-refractivity contribution in [2.24, 2.45) is 0 Å². The van der Waals surface area contributed by atoms with E-state index in [4.69, 9.17) is 11.6 Å². The van der Waals surface area contributed by atoms with E-state index in [1.165, 1.54) is 23.2 Å². The van der Waals surface area contributed by atoms with E-state index >= 15 is 0 Å². The van der Waals surface area contributed by atoms with E-state index in [0.29, 0.717) is 10.9 Å². The molecule has 0 bridgehead atoms. The van der Waals surface area contributed by atoms with Gasteiger partial charge in [-0.1, -0.05) is 11.6 Å². The van der Waals surface area contributed by atoms with Gasteiger partial charge in [0.05, 0.1) is 16.9 Å². The second-order valence-electron chi connectivity index (χ2n) is 3.73. The molecule has 1 aromatic heterocycles. The van der Waals surface area contributed by atoms with Gasteiger partial charge in [-0.2, -0.15) is 0 Å². The number of Topliss-reactive ketones (excluding diaryl/α,β-unsaturated/α-hetero) is 1. The number of hydrogen-bond donors (Lipinski definition) is 1. The molecule has 16 heavy (non-hydrogen) atoms. The van der Waals surface area contributed by atoms with E-state index in [9.17, 15) is 9.59 Å². The van der Waals surface area contributed by atoms with Crippen molar-refractivity contribution < 1.29 is 9.59 Å². The summed E-state index contributed by atoms with van der Waals surface area (Å²) in [6, 6.07) is 3.46. The normalized spacial score (nSPS) is 20.0. The summed E-state index contributed by atoms with van der Waals surface area (Å²) in [5.74, 6) is -0.0139. The molecule has 2 amide bonds. The fraction of sp³-hybridized carbons (Fsp3) is 0.400. The first-order valence-electron chi connectivity index (χ1n) is 4.86. The molecule has 1 aliphatic heterocycles. The van der Waals surface area contributed by atoms with Gasteiger partial charge >= 0.3 is 6.03 Å². The van der Waals surface area contributed by atoms with Gasteiger partial charge in [0.25, 0.3) is 0 Å². The highest BCUT2D eigenvalue weighted by molar-refractivity contribution is 7.16. The highest BCUT2D eigenvalue weighted by atomic mass is 35.5. The van der Waals surface area contributed by atoms with E-state index in [-0.39, 0.29) is 24.4 Å². The van der Waals surface area contributed by atoms with Crippen LogP contribution in [0.3, 0.4) is 0 Å². The lowest BCUT2D eigenvalue weighted by molar-refractivity contribution is -0.117. The first-order valence-corrected chi connectivity index (χ1v) is 6.06. The molecule has 0 radical (unpaired) electrons. The summed E-state index contributed by atoms with van der Waals surface area (Å²) in [4.78, 5) is 25.0. The number of nitrogens with one attached hydrogen (secondary N) is 1. The fourth-order valence-corrected chi connectivity index (χ4v) is 2.77. The molecular weight excluding hydrogens is 248 g/mol. The summed E-state index contributed by atoms with van der Waals surface area (Å²) < 4.78 is 0.703. The molecule has 6 heteroatoms. The number of hydrogen-bond acceptors (Lipinski definition) is 3. The van der Waals surface area contributed by atoms with E-state index in [2.05, 4.69) is 5.32 Å². The monoisotopic (exact) mass is 258 g/mol. The molecule has 1 N–H and O–H groups in total. The molecule has 0 spiro atoms. The van der Waals surface area contributed by atoms with Gasteiger partial charge < -0.3 is 10.2 Å². The van der Waals surface area contributed by atoms with Crippen LogP contribution >= 0.6 is 22.9 Å². The highest BCUT2D eigenvalue weighted by Gasteiger charge is 2.30. The third-order valence-corrected chi connectivity index (χ3v) is 3.68. The van der Waals surface area contributed by atoms with Crippen LogP contribution in [0.25, 0.3) is 0 Å². The molecule has 0 aliphatic carbocycles. The molecule has 2 heterocycles. The largest absolute Gasteiger partial charge is 0.329 e. The Labute approximate surface area is 102 Å². The highest BCUT2D eigenvalue weighted by Crippen LogP contribution is 2.29. The minimum Gasteiger partial charge on any atom is -0.329 e. The maximum absolute atomic E-state index is 11.5. The standard InChI is InChI=1S/C10H11ClN2O2S/c1-6(14)4-13-5-7(12-10(13)15)8-2-3-9(11)16-8/h2-3,7H,4-5H2,1H3,(H,12,15). The van der Waals surface area contributed by atoms with Gasteiger partial charge in [-0.05, 0) is 19.1 Å². The number of ketones is 1. The average Bonchev–Trinajstić information content (AvgIpc) is 2.74. The van der Waals surface area contributed by atoms with Gasteiger partial charge in [0.2, 0.25) is 0 Å². The predicted molar refractivity (Wildman–Crippen MR) is 62.9 cm³/mol. The molecule has 1 aromatic rings. The van der Waals surface area contributed by atoms with Crippen LogP contribution in [0.2, 0.25) is 4.34 Å². The lowest BCUT2D eigenvalue weighted by Gasteiger charge is -2.11.